The van der Waals surface area contributed by atoms with Gasteiger partial charge in [-0.1, -0.05) is 0 Å². The summed E-state index contributed by atoms with van der Waals surface area (Å²) in [4.78, 5) is 22.5. The molecule has 2 aromatic rings. The van der Waals surface area contributed by atoms with Crippen molar-refractivity contribution in [3.63, 3.8) is 0 Å². The van der Waals surface area contributed by atoms with Gasteiger partial charge >= 0.3 is 17.7 Å². The molecule has 0 spiro atoms. The molecule has 1 aromatic carbocycles. The molecule has 1 heterocycles. The van der Waals surface area contributed by atoms with Crippen molar-refractivity contribution in [2.45, 2.75) is 6.92 Å². The van der Waals surface area contributed by atoms with Crippen LogP contribution in [0, 0.1) is 5.82 Å². The summed E-state index contributed by atoms with van der Waals surface area (Å²) >= 11 is 0. The van der Waals surface area contributed by atoms with Gasteiger partial charge in [-0.15, -0.1) is 5.10 Å². The van der Waals surface area contributed by atoms with E-state index in [-0.39, 0.29) is 17.4 Å². The zero-order valence-corrected chi connectivity index (χ0v) is 10.1. The van der Waals surface area contributed by atoms with E-state index in [9.17, 15) is 14.0 Å². The van der Waals surface area contributed by atoms with Crippen LogP contribution in [0.1, 0.15) is 6.92 Å². The predicted octanol–water partition coefficient (Wildman–Crippen LogP) is 0.634. The molecule has 8 heteroatoms. The third-order valence-electron chi connectivity index (χ3n) is 2.27. The molecule has 0 bridgehead atoms. The molecule has 0 atom stereocenters. The summed E-state index contributed by atoms with van der Waals surface area (Å²) in [6.45, 7) is 1.18. The second-order valence-corrected chi connectivity index (χ2v) is 3.56. The summed E-state index contributed by atoms with van der Waals surface area (Å²) in [5.41, 5.74) is -0.363. The average Bonchev–Trinajstić information content (AvgIpc) is 2.71. The molecule has 100 valence electrons. The first kappa shape index (κ1) is 12.8. The standard InChI is InChI=1S/C11H10FN3O4/c1-6(16)19-11-14-13-10(17)15(11)7-3-4-8(12)9(5-7)18-2/h3-5H,1-2H3,(H,13,17). The molecule has 0 aliphatic heterocycles. The molecular weight excluding hydrogens is 257 g/mol. The quantitative estimate of drug-likeness (QED) is 0.824. The van der Waals surface area contributed by atoms with E-state index in [1.807, 2.05) is 0 Å². The van der Waals surface area contributed by atoms with Crippen LogP contribution in [-0.2, 0) is 4.79 Å². The number of nitrogens with zero attached hydrogens (tertiary/aromatic N) is 2. The van der Waals surface area contributed by atoms with Crippen molar-refractivity contribution < 1.29 is 18.7 Å². The van der Waals surface area contributed by atoms with Gasteiger partial charge in [-0.3, -0.25) is 4.79 Å². The van der Waals surface area contributed by atoms with Crippen molar-refractivity contribution >= 4 is 5.97 Å². The number of hydrogen-bond donors (Lipinski definition) is 1. The summed E-state index contributed by atoms with van der Waals surface area (Å²) in [5.74, 6) is -1.24. The Balaban J connectivity index is 2.55. The number of aromatic amines is 1. The lowest BCUT2D eigenvalue weighted by Crippen LogP contribution is -2.17. The fourth-order valence-corrected chi connectivity index (χ4v) is 1.49. The summed E-state index contributed by atoms with van der Waals surface area (Å²) < 4.78 is 23.9. The van der Waals surface area contributed by atoms with Crippen LogP contribution in [0.5, 0.6) is 11.8 Å². The van der Waals surface area contributed by atoms with Crippen LogP contribution in [0.2, 0.25) is 0 Å². The Bertz CT molecular complexity index is 677. The molecule has 0 amide bonds. The molecule has 1 aromatic heterocycles. The van der Waals surface area contributed by atoms with E-state index in [0.29, 0.717) is 0 Å². The molecular formula is C11H10FN3O4. The number of ether oxygens (including phenoxy) is 2. The highest BCUT2D eigenvalue weighted by Gasteiger charge is 2.15. The van der Waals surface area contributed by atoms with Gasteiger partial charge in [0.25, 0.3) is 0 Å². The van der Waals surface area contributed by atoms with Gasteiger partial charge in [0.05, 0.1) is 12.8 Å². The Labute approximate surface area is 106 Å². The minimum atomic E-state index is -0.630. The summed E-state index contributed by atoms with van der Waals surface area (Å²) in [5, 5.41) is 5.70. The van der Waals surface area contributed by atoms with Crippen LogP contribution in [0.15, 0.2) is 23.0 Å². The third-order valence-corrected chi connectivity index (χ3v) is 2.27. The second kappa shape index (κ2) is 4.92. The molecule has 0 saturated carbocycles. The van der Waals surface area contributed by atoms with Crippen molar-refractivity contribution in [1.82, 2.24) is 14.8 Å². The van der Waals surface area contributed by atoms with Crippen LogP contribution in [0.3, 0.4) is 0 Å². The van der Waals surface area contributed by atoms with Crippen LogP contribution in [0.25, 0.3) is 5.69 Å². The van der Waals surface area contributed by atoms with Gasteiger partial charge in [0.1, 0.15) is 0 Å². The van der Waals surface area contributed by atoms with E-state index in [1.54, 1.807) is 0 Å². The highest BCUT2D eigenvalue weighted by molar-refractivity contribution is 5.68. The average molecular weight is 267 g/mol. The highest BCUT2D eigenvalue weighted by atomic mass is 19.1. The third kappa shape index (κ3) is 2.46. The molecule has 0 aliphatic carbocycles. The Hall–Kier alpha value is -2.64. The first-order chi connectivity index (χ1) is 9.02. The number of benzene rings is 1. The van der Waals surface area contributed by atoms with E-state index in [0.717, 1.165) is 10.6 Å². The topological polar surface area (TPSA) is 86.2 Å². The number of aromatic nitrogens is 3. The maximum Gasteiger partial charge on any atom is 0.350 e. The van der Waals surface area contributed by atoms with E-state index >= 15 is 0 Å². The van der Waals surface area contributed by atoms with E-state index < -0.39 is 17.5 Å². The number of carbonyl (C=O) groups is 1. The van der Waals surface area contributed by atoms with Gasteiger partial charge in [-0.05, 0) is 12.1 Å². The molecule has 19 heavy (non-hydrogen) atoms. The lowest BCUT2D eigenvalue weighted by molar-refractivity contribution is -0.132. The van der Waals surface area contributed by atoms with Crippen LogP contribution in [0.4, 0.5) is 4.39 Å². The number of esters is 1. The molecule has 2 rings (SSSR count). The van der Waals surface area contributed by atoms with E-state index in [1.165, 1.54) is 26.2 Å². The van der Waals surface area contributed by atoms with Crippen LogP contribution in [-0.4, -0.2) is 27.8 Å². The fraction of sp³-hybridized carbons (Fsp3) is 0.182. The Morgan fingerprint density at radius 1 is 1.47 bits per heavy atom. The predicted molar refractivity (Wildman–Crippen MR) is 62.0 cm³/mol. The number of nitrogens with one attached hydrogen (secondary N) is 1. The molecule has 0 fully saturated rings. The number of halogens is 1. The Morgan fingerprint density at radius 2 is 2.21 bits per heavy atom. The smallest absolute Gasteiger partial charge is 0.350 e. The first-order valence-corrected chi connectivity index (χ1v) is 5.22. The summed E-state index contributed by atoms with van der Waals surface area (Å²) in [6.07, 6.45) is 0. The van der Waals surface area contributed by atoms with Crippen molar-refractivity contribution in [3.8, 4) is 17.4 Å². The van der Waals surface area contributed by atoms with Crippen molar-refractivity contribution in [3.05, 3.63) is 34.5 Å². The molecule has 1 N–H and O–H groups in total. The highest BCUT2D eigenvalue weighted by Crippen LogP contribution is 2.22. The van der Waals surface area contributed by atoms with Gasteiger partial charge in [-0.2, -0.15) is 0 Å². The number of carbonyl (C=O) groups excluding carboxylic acids is 1. The molecule has 0 aliphatic rings. The van der Waals surface area contributed by atoms with Crippen molar-refractivity contribution in [2.75, 3.05) is 7.11 Å². The Kier molecular flexibility index (Phi) is 3.32. The number of rotatable bonds is 3. The largest absolute Gasteiger partial charge is 0.494 e. The molecule has 7 nitrogen and oxygen atoms in total. The van der Waals surface area contributed by atoms with Gasteiger partial charge < -0.3 is 9.47 Å². The van der Waals surface area contributed by atoms with Crippen LogP contribution >= 0.6 is 0 Å². The van der Waals surface area contributed by atoms with Crippen LogP contribution < -0.4 is 15.2 Å². The number of hydrogen-bond acceptors (Lipinski definition) is 5. The van der Waals surface area contributed by atoms with Gasteiger partial charge in [0.15, 0.2) is 11.6 Å². The lowest BCUT2D eigenvalue weighted by Gasteiger charge is -2.07. The number of methoxy groups -OCH3 is 1. The normalized spacial score (nSPS) is 10.3. The zero-order chi connectivity index (χ0) is 14.0. The monoisotopic (exact) mass is 267 g/mol. The van der Waals surface area contributed by atoms with Gasteiger partial charge in [0, 0.05) is 13.0 Å². The molecule has 0 radical (unpaired) electrons. The summed E-state index contributed by atoms with van der Waals surface area (Å²) in [6, 6.07) is 3.53. The van der Waals surface area contributed by atoms with Gasteiger partial charge in [0.2, 0.25) is 0 Å². The maximum atomic E-state index is 13.3. The molecule has 0 unspecified atom stereocenters. The SMILES string of the molecule is COc1cc(-n2c(OC(C)=O)n[nH]c2=O)ccc1F. The maximum absolute atomic E-state index is 13.3. The summed E-state index contributed by atoms with van der Waals surface area (Å²) in [7, 11) is 1.30. The van der Waals surface area contributed by atoms with Gasteiger partial charge in [-0.25, -0.2) is 18.9 Å². The Morgan fingerprint density at radius 3 is 2.84 bits per heavy atom. The second-order valence-electron chi connectivity index (χ2n) is 3.56. The lowest BCUT2D eigenvalue weighted by atomic mass is 10.3. The minimum Gasteiger partial charge on any atom is -0.494 e. The fourth-order valence-electron chi connectivity index (χ4n) is 1.49. The molecule has 0 saturated heterocycles. The van der Waals surface area contributed by atoms with Crippen molar-refractivity contribution in [1.29, 1.82) is 0 Å². The zero-order valence-electron chi connectivity index (χ0n) is 10.1. The van der Waals surface area contributed by atoms with Crippen molar-refractivity contribution in [2.24, 2.45) is 0 Å². The first-order valence-electron chi connectivity index (χ1n) is 5.22. The van der Waals surface area contributed by atoms with E-state index in [2.05, 4.69) is 10.2 Å². The number of H-pyrrole nitrogens is 1. The van der Waals surface area contributed by atoms with E-state index in [4.69, 9.17) is 9.47 Å². The minimum absolute atomic E-state index is 0.0422.